The minimum absolute atomic E-state index is 0.0152. The number of fused-ring (bicyclic) bond motifs is 1. The molecule has 0 radical (unpaired) electrons. The average molecular weight is 312 g/mol. The van der Waals surface area contributed by atoms with Gasteiger partial charge in [0.25, 0.3) is 0 Å². The Balaban J connectivity index is 2.38. The molecule has 0 bridgehead atoms. The number of aliphatic carboxylic acids is 1. The van der Waals surface area contributed by atoms with Crippen molar-refractivity contribution in [3.05, 3.63) is 27.2 Å². The highest BCUT2D eigenvalue weighted by molar-refractivity contribution is 6.45. The minimum atomic E-state index is -1.38. The number of halogens is 2. The van der Waals surface area contributed by atoms with Crippen molar-refractivity contribution < 1.29 is 19.4 Å². The van der Waals surface area contributed by atoms with E-state index in [0.717, 1.165) is 0 Å². The molecule has 0 amide bonds. The normalized spacial score (nSPS) is 16.6. The van der Waals surface area contributed by atoms with E-state index in [1.807, 2.05) is 0 Å². The molecule has 1 aromatic rings. The van der Waals surface area contributed by atoms with E-state index >= 15 is 0 Å². The fourth-order valence-electron chi connectivity index (χ4n) is 2.19. The molecule has 0 aliphatic heterocycles. The summed E-state index contributed by atoms with van der Waals surface area (Å²) in [4.78, 5) is 22.6. The largest absolute Gasteiger partial charge is 0.546 e. The molecule has 0 spiro atoms. The van der Waals surface area contributed by atoms with Crippen LogP contribution >= 0.6 is 23.2 Å². The summed E-state index contributed by atoms with van der Waals surface area (Å²) in [5.74, 6) is 0.731. The van der Waals surface area contributed by atoms with E-state index in [0.29, 0.717) is 24.0 Å². The monoisotopic (exact) mass is 311 g/mol. The Hall–Kier alpha value is -1.70. The van der Waals surface area contributed by atoms with E-state index in [4.69, 9.17) is 34.4 Å². The van der Waals surface area contributed by atoms with Crippen LogP contribution in [0.5, 0.6) is 5.75 Å². The number of hydrogen-bond donors (Lipinski definition) is 0. The Morgan fingerprint density at radius 3 is 2.80 bits per heavy atom. The van der Waals surface area contributed by atoms with Gasteiger partial charge in [0.05, 0.1) is 11.0 Å². The van der Waals surface area contributed by atoms with E-state index in [-0.39, 0.29) is 27.5 Å². The van der Waals surface area contributed by atoms with Crippen molar-refractivity contribution in [2.75, 3.05) is 6.61 Å². The maximum atomic E-state index is 12.2. The summed E-state index contributed by atoms with van der Waals surface area (Å²) in [7, 11) is 0. The van der Waals surface area contributed by atoms with Crippen LogP contribution in [0.1, 0.15) is 22.3 Å². The summed E-state index contributed by atoms with van der Waals surface area (Å²) in [5.41, 5.74) is 1.01. The van der Waals surface area contributed by atoms with Gasteiger partial charge in [-0.05, 0) is 18.1 Å². The Kier molecular flexibility index (Phi) is 4.22. The van der Waals surface area contributed by atoms with Crippen molar-refractivity contribution in [2.24, 2.45) is 5.92 Å². The molecular formula is C14H9Cl2O4-. The van der Waals surface area contributed by atoms with Crippen LogP contribution in [0, 0.1) is 18.3 Å². The van der Waals surface area contributed by atoms with Crippen LogP contribution < -0.4 is 9.84 Å². The lowest BCUT2D eigenvalue weighted by Gasteiger charge is -2.12. The molecule has 20 heavy (non-hydrogen) atoms. The van der Waals surface area contributed by atoms with Crippen molar-refractivity contribution >= 4 is 35.0 Å². The molecule has 0 saturated carbocycles. The van der Waals surface area contributed by atoms with Crippen LogP contribution in [-0.2, 0) is 11.2 Å². The van der Waals surface area contributed by atoms with Crippen molar-refractivity contribution in [3.63, 3.8) is 0 Å². The average Bonchev–Trinajstić information content (AvgIpc) is 2.69. The third-order valence-corrected chi connectivity index (χ3v) is 3.90. The van der Waals surface area contributed by atoms with Gasteiger partial charge in [0.2, 0.25) is 0 Å². The maximum absolute atomic E-state index is 12.2. The number of terminal acetylenes is 1. The van der Waals surface area contributed by atoms with Gasteiger partial charge in [-0.3, -0.25) is 4.79 Å². The number of carbonyl (C=O) groups is 2. The second-order valence-corrected chi connectivity index (χ2v) is 5.13. The molecule has 0 N–H and O–H groups in total. The van der Waals surface area contributed by atoms with Crippen molar-refractivity contribution in [2.45, 2.75) is 12.8 Å². The lowest BCUT2D eigenvalue weighted by molar-refractivity contribution is -0.307. The molecule has 0 aromatic heterocycles. The molecule has 1 aliphatic carbocycles. The lowest BCUT2D eigenvalue weighted by atomic mass is 10.0. The van der Waals surface area contributed by atoms with Gasteiger partial charge in [0.15, 0.2) is 5.78 Å². The molecule has 104 valence electrons. The van der Waals surface area contributed by atoms with Crippen molar-refractivity contribution in [3.8, 4) is 18.1 Å². The zero-order chi connectivity index (χ0) is 14.9. The number of carboxylic acid groups (broad SMARTS) is 1. The van der Waals surface area contributed by atoms with Crippen LogP contribution in [0.4, 0.5) is 0 Å². The Morgan fingerprint density at radius 1 is 1.50 bits per heavy atom. The Morgan fingerprint density at radius 2 is 2.20 bits per heavy atom. The third-order valence-electron chi connectivity index (χ3n) is 3.05. The summed E-state index contributed by atoms with van der Waals surface area (Å²) < 4.78 is 5.00. The molecule has 2 rings (SSSR count). The fourth-order valence-corrected chi connectivity index (χ4v) is 2.70. The summed E-state index contributed by atoms with van der Waals surface area (Å²) in [6.07, 6.45) is 5.98. The Labute approximate surface area is 125 Å². The van der Waals surface area contributed by atoms with Gasteiger partial charge >= 0.3 is 0 Å². The van der Waals surface area contributed by atoms with E-state index in [1.54, 1.807) is 0 Å². The highest BCUT2D eigenvalue weighted by Crippen LogP contribution is 2.42. The van der Waals surface area contributed by atoms with Crippen molar-refractivity contribution in [1.29, 1.82) is 0 Å². The van der Waals surface area contributed by atoms with Gasteiger partial charge in [-0.15, -0.1) is 12.3 Å². The van der Waals surface area contributed by atoms with E-state index in [1.165, 1.54) is 6.07 Å². The lowest BCUT2D eigenvalue weighted by Crippen LogP contribution is -2.29. The minimum Gasteiger partial charge on any atom is -0.546 e. The highest BCUT2D eigenvalue weighted by Gasteiger charge is 2.34. The van der Waals surface area contributed by atoms with Crippen molar-refractivity contribution in [1.82, 2.24) is 0 Å². The second-order valence-electron chi connectivity index (χ2n) is 4.37. The first kappa shape index (κ1) is 14.7. The van der Waals surface area contributed by atoms with Crippen LogP contribution in [0.15, 0.2) is 6.07 Å². The summed E-state index contributed by atoms with van der Waals surface area (Å²) in [5, 5.41) is 10.5. The standard InChI is InChI=1S/C14H10Cl2O4/c1-2-3-7-4-8-5-9(20-6-10(17)18)12(15)13(16)11(8)14(7)19/h1,5,7H,3-4,6H2,(H,17,18)/p-1. The number of hydrogen-bond acceptors (Lipinski definition) is 4. The van der Waals surface area contributed by atoms with E-state index in [9.17, 15) is 14.7 Å². The number of carboxylic acids is 1. The highest BCUT2D eigenvalue weighted by atomic mass is 35.5. The first-order valence-corrected chi connectivity index (χ1v) is 6.52. The predicted molar refractivity (Wildman–Crippen MR) is 71.9 cm³/mol. The van der Waals surface area contributed by atoms with Gasteiger partial charge in [-0.2, -0.15) is 0 Å². The predicted octanol–water partition coefficient (Wildman–Crippen LogP) is 1.50. The summed E-state index contributed by atoms with van der Waals surface area (Å²) in [6, 6.07) is 1.53. The van der Waals surface area contributed by atoms with E-state index < -0.39 is 12.6 Å². The van der Waals surface area contributed by atoms with Crippen LogP contribution in [0.25, 0.3) is 0 Å². The molecule has 1 unspecified atom stereocenters. The van der Waals surface area contributed by atoms with Crippen LogP contribution in [0.3, 0.4) is 0 Å². The Bertz CT molecular complexity index is 631. The van der Waals surface area contributed by atoms with Gasteiger partial charge in [0, 0.05) is 17.9 Å². The quantitative estimate of drug-likeness (QED) is 0.790. The molecule has 0 saturated heterocycles. The molecule has 1 atom stereocenters. The molecule has 6 heteroatoms. The third kappa shape index (κ3) is 2.60. The zero-order valence-electron chi connectivity index (χ0n) is 10.2. The first-order valence-electron chi connectivity index (χ1n) is 5.76. The molecule has 1 aromatic carbocycles. The molecular weight excluding hydrogens is 303 g/mol. The van der Waals surface area contributed by atoms with Gasteiger partial charge in [-0.1, -0.05) is 23.2 Å². The number of benzene rings is 1. The molecule has 4 nitrogen and oxygen atoms in total. The number of rotatable bonds is 4. The number of ether oxygens (including phenoxy) is 1. The van der Waals surface area contributed by atoms with Gasteiger partial charge in [-0.25, -0.2) is 0 Å². The van der Waals surface area contributed by atoms with Gasteiger partial charge in [0.1, 0.15) is 17.4 Å². The summed E-state index contributed by atoms with van der Waals surface area (Å²) in [6.45, 7) is -0.642. The SMILES string of the molecule is C#CCC1Cc2cc(OCC(=O)[O-])c(Cl)c(Cl)c2C1=O. The number of ketones is 1. The van der Waals surface area contributed by atoms with E-state index in [2.05, 4.69) is 5.92 Å². The number of Topliss-reactive ketones (excluding diaryl/α,β-unsaturated/α-hetero) is 1. The van der Waals surface area contributed by atoms with Gasteiger partial charge < -0.3 is 14.6 Å². The molecule has 0 fully saturated rings. The van der Waals surface area contributed by atoms with Crippen LogP contribution in [0.2, 0.25) is 10.0 Å². The zero-order valence-corrected chi connectivity index (χ0v) is 11.8. The first-order chi connectivity index (χ1) is 9.45. The summed E-state index contributed by atoms with van der Waals surface area (Å²) >= 11 is 12.1. The number of carbonyl (C=O) groups excluding carboxylic acids is 2. The molecule has 1 aliphatic rings. The smallest absolute Gasteiger partial charge is 0.169 e. The van der Waals surface area contributed by atoms with Crippen LogP contribution in [-0.4, -0.2) is 18.4 Å². The molecule has 0 heterocycles. The maximum Gasteiger partial charge on any atom is 0.169 e. The topological polar surface area (TPSA) is 66.4 Å². The second kappa shape index (κ2) is 5.74. The fraction of sp³-hybridized carbons (Fsp3) is 0.286.